The molecule has 1 amide bonds. The fraction of sp³-hybridized carbons (Fsp3) is 0.318. The van der Waals surface area contributed by atoms with Gasteiger partial charge in [-0.25, -0.2) is 0 Å². The summed E-state index contributed by atoms with van der Waals surface area (Å²) in [5, 5.41) is 2.97. The molecule has 0 aliphatic heterocycles. The molecule has 1 atom stereocenters. The van der Waals surface area contributed by atoms with E-state index < -0.39 is 0 Å². The summed E-state index contributed by atoms with van der Waals surface area (Å²) in [6.45, 7) is 3.89. The van der Waals surface area contributed by atoms with Crippen LogP contribution in [0.15, 0.2) is 36.4 Å². The Labute approximate surface area is 166 Å². The average molecular weight is 385 g/mol. The highest BCUT2D eigenvalue weighted by Gasteiger charge is 2.15. The molecule has 0 radical (unpaired) electrons. The number of ether oxygens (including phenoxy) is 4. The first kappa shape index (κ1) is 21.2. The molecule has 2 aromatic rings. The topological polar surface area (TPSA) is 66.0 Å². The quantitative estimate of drug-likeness (QED) is 0.698. The zero-order chi connectivity index (χ0) is 20.7. The third-order valence-electron chi connectivity index (χ3n) is 4.45. The van der Waals surface area contributed by atoms with E-state index in [4.69, 9.17) is 18.9 Å². The Balaban J connectivity index is 2.16. The third-order valence-corrected chi connectivity index (χ3v) is 4.45. The number of rotatable bonds is 8. The fourth-order valence-electron chi connectivity index (χ4n) is 2.94. The van der Waals surface area contributed by atoms with Crippen molar-refractivity contribution in [2.24, 2.45) is 0 Å². The van der Waals surface area contributed by atoms with Gasteiger partial charge in [-0.05, 0) is 61.4 Å². The summed E-state index contributed by atoms with van der Waals surface area (Å²) in [6, 6.07) is 8.99. The highest BCUT2D eigenvalue weighted by molar-refractivity contribution is 5.92. The van der Waals surface area contributed by atoms with E-state index in [-0.39, 0.29) is 11.9 Å². The highest BCUT2D eigenvalue weighted by Crippen LogP contribution is 2.33. The second-order valence-corrected chi connectivity index (χ2v) is 6.24. The zero-order valence-electron chi connectivity index (χ0n) is 17.2. The zero-order valence-corrected chi connectivity index (χ0v) is 17.2. The Kier molecular flexibility index (Phi) is 7.32. The summed E-state index contributed by atoms with van der Waals surface area (Å²) >= 11 is 0. The van der Waals surface area contributed by atoms with Crippen LogP contribution in [0.25, 0.3) is 6.08 Å². The number of nitrogens with one attached hydrogen (secondary N) is 1. The first-order valence-electron chi connectivity index (χ1n) is 8.86. The lowest BCUT2D eigenvalue weighted by molar-refractivity contribution is -0.117. The predicted molar refractivity (Wildman–Crippen MR) is 109 cm³/mol. The Bertz CT molecular complexity index is 860. The van der Waals surface area contributed by atoms with Gasteiger partial charge in [0, 0.05) is 11.6 Å². The van der Waals surface area contributed by atoms with Gasteiger partial charge in [0.2, 0.25) is 5.91 Å². The van der Waals surface area contributed by atoms with Crippen molar-refractivity contribution in [1.82, 2.24) is 5.32 Å². The van der Waals surface area contributed by atoms with E-state index in [0.717, 1.165) is 16.7 Å². The molecule has 0 aliphatic carbocycles. The van der Waals surface area contributed by atoms with E-state index in [1.165, 1.54) is 6.08 Å². The van der Waals surface area contributed by atoms with Crippen molar-refractivity contribution < 1.29 is 23.7 Å². The van der Waals surface area contributed by atoms with Gasteiger partial charge in [-0.15, -0.1) is 0 Å². The fourth-order valence-corrected chi connectivity index (χ4v) is 2.94. The molecule has 150 valence electrons. The summed E-state index contributed by atoms with van der Waals surface area (Å²) in [5.41, 5.74) is 2.72. The van der Waals surface area contributed by atoms with Gasteiger partial charge in [-0.1, -0.05) is 0 Å². The standard InChI is InChI=1S/C22H27NO5/c1-14-11-20(27-5)21(28-6)13-18(14)15(2)23-22(24)10-7-16-12-17(25-3)8-9-19(16)26-4/h7-13,15H,1-6H3,(H,23,24). The van der Waals surface area contributed by atoms with Crippen LogP contribution in [0.2, 0.25) is 0 Å². The second kappa shape index (κ2) is 9.69. The van der Waals surface area contributed by atoms with Crippen LogP contribution in [0.5, 0.6) is 23.0 Å². The number of carbonyl (C=O) groups is 1. The molecule has 0 aromatic heterocycles. The van der Waals surface area contributed by atoms with Crippen molar-refractivity contribution in [3.8, 4) is 23.0 Å². The van der Waals surface area contributed by atoms with E-state index in [2.05, 4.69) is 5.32 Å². The lowest BCUT2D eigenvalue weighted by Crippen LogP contribution is -2.25. The molecule has 2 rings (SSSR count). The molecule has 0 bridgehead atoms. The van der Waals surface area contributed by atoms with Gasteiger partial charge < -0.3 is 24.3 Å². The molecule has 0 saturated heterocycles. The minimum atomic E-state index is -0.216. The van der Waals surface area contributed by atoms with Gasteiger partial charge in [-0.3, -0.25) is 4.79 Å². The van der Waals surface area contributed by atoms with E-state index >= 15 is 0 Å². The Morgan fingerprint density at radius 2 is 1.57 bits per heavy atom. The van der Waals surface area contributed by atoms with Crippen molar-refractivity contribution in [2.45, 2.75) is 19.9 Å². The van der Waals surface area contributed by atoms with Gasteiger partial charge in [0.15, 0.2) is 11.5 Å². The summed E-state index contributed by atoms with van der Waals surface area (Å²) in [4.78, 5) is 12.4. The first-order chi connectivity index (χ1) is 13.4. The number of benzene rings is 2. The van der Waals surface area contributed by atoms with Crippen LogP contribution in [-0.2, 0) is 4.79 Å². The SMILES string of the molecule is COc1ccc(OC)c(C=CC(=O)NC(C)c2cc(OC)c(OC)cc2C)c1. The van der Waals surface area contributed by atoms with Crippen LogP contribution in [0.4, 0.5) is 0 Å². The Morgan fingerprint density at radius 1 is 0.929 bits per heavy atom. The van der Waals surface area contributed by atoms with Gasteiger partial charge in [-0.2, -0.15) is 0 Å². The minimum Gasteiger partial charge on any atom is -0.497 e. The van der Waals surface area contributed by atoms with Crippen LogP contribution in [-0.4, -0.2) is 34.3 Å². The van der Waals surface area contributed by atoms with Crippen molar-refractivity contribution in [1.29, 1.82) is 0 Å². The number of hydrogen-bond donors (Lipinski definition) is 1. The summed E-state index contributed by atoms with van der Waals surface area (Å²) in [6.07, 6.45) is 3.18. The number of aryl methyl sites for hydroxylation is 1. The van der Waals surface area contributed by atoms with Crippen LogP contribution >= 0.6 is 0 Å². The second-order valence-electron chi connectivity index (χ2n) is 6.24. The van der Waals surface area contributed by atoms with Gasteiger partial charge in [0.25, 0.3) is 0 Å². The monoisotopic (exact) mass is 385 g/mol. The molecule has 0 aliphatic rings. The molecule has 0 heterocycles. The van der Waals surface area contributed by atoms with Crippen molar-refractivity contribution >= 4 is 12.0 Å². The highest BCUT2D eigenvalue weighted by atomic mass is 16.5. The van der Waals surface area contributed by atoms with Crippen molar-refractivity contribution in [3.63, 3.8) is 0 Å². The van der Waals surface area contributed by atoms with E-state index in [0.29, 0.717) is 23.0 Å². The van der Waals surface area contributed by atoms with Crippen LogP contribution in [0.1, 0.15) is 29.7 Å². The van der Waals surface area contributed by atoms with Crippen molar-refractivity contribution in [2.75, 3.05) is 28.4 Å². The molecule has 1 N–H and O–H groups in total. The average Bonchev–Trinajstić information content (AvgIpc) is 2.71. The number of methoxy groups -OCH3 is 4. The maximum absolute atomic E-state index is 12.4. The van der Waals surface area contributed by atoms with Gasteiger partial charge in [0.1, 0.15) is 11.5 Å². The summed E-state index contributed by atoms with van der Waals surface area (Å²) in [7, 11) is 6.36. The van der Waals surface area contributed by atoms with E-state index in [9.17, 15) is 4.79 Å². The number of amides is 1. The summed E-state index contributed by atoms with van der Waals surface area (Å²) in [5.74, 6) is 2.42. The molecular formula is C22H27NO5. The van der Waals surface area contributed by atoms with E-state index in [1.54, 1.807) is 46.6 Å². The molecule has 0 spiro atoms. The predicted octanol–water partition coefficient (Wildman–Crippen LogP) is 3.92. The van der Waals surface area contributed by atoms with Gasteiger partial charge in [0.05, 0.1) is 34.5 Å². The van der Waals surface area contributed by atoms with Crippen LogP contribution in [0.3, 0.4) is 0 Å². The normalized spacial score (nSPS) is 11.8. The number of hydrogen-bond acceptors (Lipinski definition) is 5. The first-order valence-corrected chi connectivity index (χ1v) is 8.86. The molecule has 1 unspecified atom stereocenters. The molecule has 6 nitrogen and oxygen atoms in total. The van der Waals surface area contributed by atoms with Crippen LogP contribution in [0, 0.1) is 6.92 Å². The number of carbonyl (C=O) groups excluding carboxylic acids is 1. The lowest BCUT2D eigenvalue weighted by atomic mass is 10.0. The lowest BCUT2D eigenvalue weighted by Gasteiger charge is -2.18. The van der Waals surface area contributed by atoms with E-state index in [1.807, 2.05) is 32.0 Å². The minimum absolute atomic E-state index is 0.204. The molecule has 0 saturated carbocycles. The molecule has 2 aromatic carbocycles. The summed E-state index contributed by atoms with van der Waals surface area (Å²) < 4.78 is 21.2. The molecule has 0 fully saturated rings. The van der Waals surface area contributed by atoms with Gasteiger partial charge >= 0.3 is 0 Å². The van der Waals surface area contributed by atoms with Crippen molar-refractivity contribution in [3.05, 3.63) is 53.1 Å². The Hall–Kier alpha value is -3.15. The molecule has 6 heteroatoms. The maximum atomic E-state index is 12.4. The van der Waals surface area contributed by atoms with Crippen LogP contribution < -0.4 is 24.3 Å². The molecular weight excluding hydrogens is 358 g/mol. The largest absolute Gasteiger partial charge is 0.497 e. The Morgan fingerprint density at radius 3 is 2.18 bits per heavy atom. The maximum Gasteiger partial charge on any atom is 0.244 e. The molecule has 28 heavy (non-hydrogen) atoms. The third kappa shape index (κ3) is 4.97. The smallest absolute Gasteiger partial charge is 0.244 e.